The molecule has 0 amide bonds. The molecule has 1 heterocycles. The van der Waals surface area contributed by atoms with Gasteiger partial charge in [-0.05, 0) is 38.0 Å². The van der Waals surface area contributed by atoms with Gasteiger partial charge in [0.05, 0.1) is 18.9 Å². The maximum Gasteiger partial charge on any atom is 0.162 e. The van der Waals surface area contributed by atoms with E-state index in [1.165, 1.54) is 0 Å². The molecule has 0 aromatic carbocycles. The minimum absolute atomic E-state index is 0.316. The number of aliphatic hydroxyl groups is 1. The second kappa shape index (κ2) is 5.97. The van der Waals surface area contributed by atoms with Crippen molar-refractivity contribution in [1.82, 2.24) is 9.78 Å². The van der Waals surface area contributed by atoms with E-state index in [0.717, 1.165) is 25.7 Å². The molecule has 0 radical (unpaired) electrons. The summed E-state index contributed by atoms with van der Waals surface area (Å²) in [6, 6.07) is 0. The van der Waals surface area contributed by atoms with Crippen LogP contribution in [0.2, 0.25) is 0 Å². The lowest BCUT2D eigenvalue weighted by atomic mass is 9.68. The Balaban J connectivity index is 2.32. The summed E-state index contributed by atoms with van der Waals surface area (Å²) in [5, 5.41) is 15.2. The van der Waals surface area contributed by atoms with E-state index in [4.69, 9.17) is 9.47 Å². The van der Waals surface area contributed by atoms with E-state index < -0.39 is 11.7 Å². The van der Waals surface area contributed by atoms with Crippen molar-refractivity contribution in [3.05, 3.63) is 11.9 Å². The first kappa shape index (κ1) is 16.3. The minimum Gasteiger partial charge on any atom is -0.493 e. The predicted octanol–water partition coefficient (Wildman–Crippen LogP) is 2.84. The molecule has 1 fully saturated rings. The number of hydrogen-bond acceptors (Lipinski definition) is 4. The van der Waals surface area contributed by atoms with E-state index in [-0.39, 0.29) is 0 Å². The first-order chi connectivity index (χ1) is 9.85. The van der Waals surface area contributed by atoms with Crippen LogP contribution in [0.3, 0.4) is 0 Å². The van der Waals surface area contributed by atoms with E-state index in [0.29, 0.717) is 23.5 Å². The van der Waals surface area contributed by atoms with Gasteiger partial charge in [0, 0.05) is 13.7 Å². The van der Waals surface area contributed by atoms with E-state index >= 15 is 0 Å². The predicted molar refractivity (Wildman–Crippen MR) is 81.3 cm³/mol. The summed E-state index contributed by atoms with van der Waals surface area (Å²) in [5.41, 5.74) is 0.480. The molecular weight excluding hydrogens is 268 g/mol. The van der Waals surface area contributed by atoms with Crippen molar-refractivity contribution >= 4 is 0 Å². The van der Waals surface area contributed by atoms with Gasteiger partial charge in [0.1, 0.15) is 11.8 Å². The molecule has 0 saturated heterocycles. The summed E-state index contributed by atoms with van der Waals surface area (Å²) in [4.78, 5) is 0. The quantitative estimate of drug-likeness (QED) is 0.907. The summed E-state index contributed by atoms with van der Waals surface area (Å²) in [6.45, 7) is 7.13. The number of ether oxygens (including phenoxy) is 2. The molecule has 1 N–H and O–H groups in total. The fourth-order valence-electron chi connectivity index (χ4n) is 3.28. The first-order valence-corrected chi connectivity index (χ1v) is 7.73. The van der Waals surface area contributed by atoms with Crippen molar-refractivity contribution in [3.8, 4) is 5.75 Å². The number of nitrogens with zero attached hydrogens (tertiary/aromatic N) is 2. The van der Waals surface area contributed by atoms with Crippen molar-refractivity contribution in [3.63, 3.8) is 0 Å². The van der Waals surface area contributed by atoms with Crippen LogP contribution in [0.1, 0.15) is 58.3 Å². The summed E-state index contributed by atoms with van der Waals surface area (Å²) < 4.78 is 13.1. The van der Waals surface area contributed by atoms with Gasteiger partial charge in [-0.25, -0.2) is 0 Å². The molecule has 1 aliphatic rings. The SMILES string of the molecule is CCOC1(C(O)c2c(OC)cnn2C)CCC(C)(C)CC1. The van der Waals surface area contributed by atoms with Gasteiger partial charge < -0.3 is 14.6 Å². The number of aromatic nitrogens is 2. The van der Waals surface area contributed by atoms with Crippen LogP contribution in [-0.2, 0) is 11.8 Å². The zero-order chi connectivity index (χ0) is 15.7. The van der Waals surface area contributed by atoms with E-state index in [1.807, 2.05) is 14.0 Å². The van der Waals surface area contributed by atoms with Gasteiger partial charge >= 0.3 is 0 Å². The Hall–Kier alpha value is -1.07. The second-order valence-corrected chi connectivity index (χ2v) is 6.79. The Bertz CT molecular complexity index is 472. The molecule has 5 heteroatoms. The highest BCUT2D eigenvalue weighted by Crippen LogP contribution is 2.48. The van der Waals surface area contributed by atoms with Gasteiger partial charge in [-0.3, -0.25) is 4.68 Å². The number of rotatable bonds is 5. The third-order valence-corrected chi connectivity index (χ3v) is 4.81. The van der Waals surface area contributed by atoms with Gasteiger partial charge in [0.15, 0.2) is 5.75 Å². The highest BCUT2D eigenvalue weighted by atomic mass is 16.5. The Kier molecular flexibility index (Phi) is 4.63. The summed E-state index contributed by atoms with van der Waals surface area (Å²) in [6.07, 6.45) is 4.71. The molecule has 0 spiro atoms. The monoisotopic (exact) mass is 296 g/mol. The molecule has 2 rings (SSSR count). The van der Waals surface area contributed by atoms with Crippen LogP contribution < -0.4 is 4.74 Å². The number of aryl methyl sites for hydroxylation is 1. The molecule has 1 aromatic heterocycles. The van der Waals surface area contributed by atoms with Gasteiger partial charge in [0.25, 0.3) is 0 Å². The van der Waals surface area contributed by atoms with Gasteiger partial charge in [-0.2, -0.15) is 5.10 Å². The first-order valence-electron chi connectivity index (χ1n) is 7.73. The summed E-state index contributed by atoms with van der Waals surface area (Å²) >= 11 is 0. The van der Waals surface area contributed by atoms with Crippen LogP contribution >= 0.6 is 0 Å². The molecule has 1 unspecified atom stereocenters. The Morgan fingerprint density at radius 3 is 2.48 bits per heavy atom. The Morgan fingerprint density at radius 2 is 1.95 bits per heavy atom. The molecule has 0 bridgehead atoms. The zero-order valence-corrected chi connectivity index (χ0v) is 13.8. The van der Waals surface area contributed by atoms with Crippen LogP contribution in [0.15, 0.2) is 6.20 Å². The number of methoxy groups -OCH3 is 1. The summed E-state index contributed by atoms with van der Waals surface area (Å²) in [7, 11) is 3.43. The largest absolute Gasteiger partial charge is 0.493 e. The Morgan fingerprint density at radius 1 is 1.33 bits per heavy atom. The van der Waals surface area contributed by atoms with Crippen LogP contribution in [0, 0.1) is 5.41 Å². The smallest absolute Gasteiger partial charge is 0.162 e. The van der Waals surface area contributed by atoms with Crippen LogP contribution in [0.25, 0.3) is 0 Å². The minimum atomic E-state index is -0.726. The van der Waals surface area contributed by atoms with Crippen molar-refractivity contribution in [2.45, 2.75) is 58.2 Å². The lowest BCUT2D eigenvalue weighted by Gasteiger charge is -2.45. The van der Waals surface area contributed by atoms with Crippen LogP contribution in [0.5, 0.6) is 5.75 Å². The van der Waals surface area contributed by atoms with Crippen molar-refractivity contribution < 1.29 is 14.6 Å². The van der Waals surface area contributed by atoms with Crippen molar-refractivity contribution in [1.29, 1.82) is 0 Å². The standard InChI is InChI=1S/C16H28N2O3/c1-6-21-16(9-7-15(2,3)8-10-16)14(19)13-12(20-5)11-17-18(13)4/h11,14,19H,6-10H2,1-5H3. The average molecular weight is 296 g/mol. The van der Waals surface area contributed by atoms with E-state index in [2.05, 4.69) is 18.9 Å². The van der Waals surface area contributed by atoms with Gasteiger partial charge in [0.2, 0.25) is 0 Å². The van der Waals surface area contributed by atoms with Crippen LogP contribution in [-0.4, -0.2) is 34.2 Å². The molecule has 0 aliphatic heterocycles. The Labute approximate surface area is 127 Å². The normalized spacial score (nSPS) is 22.0. The molecule has 1 aromatic rings. The average Bonchev–Trinajstić information content (AvgIpc) is 2.82. The number of hydrogen-bond donors (Lipinski definition) is 1. The van der Waals surface area contributed by atoms with E-state index in [9.17, 15) is 5.11 Å². The molecule has 5 nitrogen and oxygen atoms in total. The molecule has 1 atom stereocenters. The maximum atomic E-state index is 11.0. The van der Waals surface area contributed by atoms with Crippen molar-refractivity contribution in [2.24, 2.45) is 12.5 Å². The molecule has 120 valence electrons. The lowest BCUT2D eigenvalue weighted by molar-refractivity contribution is -0.156. The zero-order valence-electron chi connectivity index (χ0n) is 13.8. The lowest BCUT2D eigenvalue weighted by Crippen LogP contribution is -2.45. The molecule has 1 aliphatic carbocycles. The third kappa shape index (κ3) is 3.09. The fourth-order valence-corrected chi connectivity index (χ4v) is 3.28. The van der Waals surface area contributed by atoms with Gasteiger partial charge in [-0.15, -0.1) is 0 Å². The topological polar surface area (TPSA) is 56.5 Å². The van der Waals surface area contributed by atoms with E-state index in [1.54, 1.807) is 18.0 Å². The highest BCUT2D eigenvalue weighted by Gasteiger charge is 2.46. The van der Waals surface area contributed by atoms with Crippen LogP contribution in [0.4, 0.5) is 0 Å². The van der Waals surface area contributed by atoms with Gasteiger partial charge in [-0.1, -0.05) is 13.8 Å². The second-order valence-electron chi connectivity index (χ2n) is 6.79. The van der Waals surface area contributed by atoms with Crippen molar-refractivity contribution in [2.75, 3.05) is 13.7 Å². The molecule has 21 heavy (non-hydrogen) atoms. The highest BCUT2D eigenvalue weighted by molar-refractivity contribution is 5.29. The number of aliphatic hydroxyl groups excluding tert-OH is 1. The molecular formula is C16H28N2O3. The maximum absolute atomic E-state index is 11.0. The fraction of sp³-hybridized carbons (Fsp3) is 0.812. The summed E-state index contributed by atoms with van der Waals surface area (Å²) in [5.74, 6) is 0.619. The third-order valence-electron chi connectivity index (χ3n) is 4.81. The molecule has 1 saturated carbocycles.